The molecule has 8 aromatic rings. The first-order valence-corrected chi connectivity index (χ1v) is 16.3. The van der Waals surface area contributed by atoms with Crippen LogP contribution in [0.1, 0.15) is 0 Å². The highest BCUT2D eigenvalue weighted by atomic mass is 14.7. The summed E-state index contributed by atoms with van der Waals surface area (Å²) < 4.78 is 0. The van der Waals surface area contributed by atoms with Crippen LogP contribution >= 0.6 is 0 Å². The maximum Gasteiger partial charge on any atom is 0.0702 e. The molecule has 22 aliphatic rings. The summed E-state index contributed by atoms with van der Waals surface area (Å²) in [7, 11) is 0. The maximum atomic E-state index is 4.81. The van der Waals surface area contributed by atoms with Gasteiger partial charge in [-0.15, -0.1) is 0 Å². The van der Waals surface area contributed by atoms with Crippen LogP contribution in [0.25, 0.3) is 89.3 Å². The van der Waals surface area contributed by atoms with Crippen LogP contribution in [0, 0.1) is 0 Å². The van der Waals surface area contributed by atoms with Crippen LogP contribution in [0.3, 0.4) is 0 Å². The highest BCUT2D eigenvalue weighted by molar-refractivity contribution is 5.77. The molecule has 2 nitrogen and oxygen atoms in total. The Labute approximate surface area is 280 Å². The fraction of sp³-hybridized carbons (Fsp3) is 0. The fourth-order valence-electron chi connectivity index (χ4n) is 6.56. The van der Waals surface area contributed by atoms with E-state index in [2.05, 4.69) is 170 Å². The van der Waals surface area contributed by atoms with E-state index in [1.165, 1.54) is 44.5 Å². The summed E-state index contributed by atoms with van der Waals surface area (Å²) in [4.78, 5) is 9.62. The lowest BCUT2D eigenvalue weighted by molar-refractivity contribution is 1.32. The molecule has 2 heteroatoms. The Bertz CT molecular complexity index is 1650. The van der Waals surface area contributed by atoms with Gasteiger partial charge in [0, 0.05) is 34.6 Å². The fourth-order valence-corrected chi connectivity index (χ4v) is 6.56. The van der Waals surface area contributed by atoms with E-state index in [1.54, 1.807) is 0 Å². The third-order valence-corrected chi connectivity index (χ3v) is 9.43. The molecule has 16 bridgehead atoms. The molecule has 30 rings (SSSR count). The largest absolute Gasteiger partial charge is 0.256 e. The zero-order valence-corrected chi connectivity index (χ0v) is 26.2. The van der Waals surface area contributed by atoms with Gasteiger partial charge < -0.3 is 0 Å². The van der Waals surface area contributed by atoms with Gasteiger partial charge in [-0.1, -0.05) is 158 Å². The Morgan fingerprint density at radius 3 is 0.521 bits per heavy atom. The van der Waals surface area contributed by atoms with Crippen molar-refractivity contribution in [3.8, 4) is 89.3 Å². The summed E-state index contributed by atoms with van der Waals surface area (Å²) in [6.45, 7) is 0. The Kier molecular flexibility index (Phi) is 6.84. The molecule has 8 aliphatic heterocycles. The minimum Gasteiger partial charge on any atom is -0.256 e. The average molecular weight is 611 g/mol. The first-order chi connectivity index (χ1) is 23.7. The van der Waals surface area contributed by atoms with E-state index in [0.29, 0.717) is 0 Å². The van der Waals surface area contributed by atoms with Crippen LogP contribution in [0.15, 0.2) is 182 Å². The zero-order valence-electron chi connectivity index (χ0n) is 26.2. The van der Waals surface area contributed by atoms with Gasteiger partial charge in [-0.05, 0) is 67.8 Å². The molecule has 0 atom stereocenters. The second-order valence-corrected chi connectivity index (χ2v) is 12.3. The topological polar surface area (TPSA) is 25.8 Å². The van der Waals surface area contributed by atoms with E-state index in [4.69, 9.17) is 9.97 Å². The number of nitrogens with zero attached hydrogens (tertiary/aromatic N) is 2. The summed E-state index contributed by atoms with van der Waals surface area (Å²) in [5.74, 6) is 0. The SMILES string of the molecule is c1cc2ccc1-c1ccc(cc1)-c1ccc(cc1)-c1ccc(cn1)-c1ccc(cc1)-c1ccc(nc1)-c1ccc(cc1)-c1ccc-2cc1. The molecule has 0 spiro atoms. The van der Waals surface area contributed by atoms with Gasteiger partial charge in [-0.2, -0.15) is 0 Å². The van der Waals surface area contributed by atoms with Gasteiger partial charge >= 0.3 is 0 Å². The molecule has 0 N–H and O–H groups in total. The molecule has 0 saturated heterocycles. The van der Waals surface area contributed by atoms with Gasteiger partial charge in [0.1, 0.15) is 0 Å². The van der Waals surface area contributed by atoms with Crippen molar-refractivity contribution < 1.29 is 0 Å². The van der Waals surface area contributed by atoms with Crippen molar-refractivity contribution >= 4 is 0 Å². The first-order valence-electron chi connectivity index (χ1n) is 16.3. The Morgan fingerprint density at radius 2 is 0.333 bits per heavy atom. The quantitative estimate of drug-likeness (QED) is 0.171. The molecule has 14 aliphatic carbocycles. The molecule has 0 saturated carbocycles. The van der Waals surface area contributed by atoms with Gasteiger partial charge in [0.2, 0.25) is 0 Å². The number of hydrogen-bond donors (Lipinski definition) is 0. The van der Waals surface area contributed by atoms with E-state index in [-0.39, 0.29) is 0 Å². The van der Waals surface area contributed by atoms with Crippen LogP contribution < -0.4 is 0 Å². The second kappa shape index (κ2) is 11.8. The monoisotopic (exact) mass is 610 g/mol. The number of aromatic nitrogens is 2. The van der Waals surface area contributed by atoms with Gasteiger partial charge in [-0.3, -0.25) is 9.97 Å². The lowest BCUT2D eigenvalue weighted by Gasteiger charge is -2.10. The molecule has 6 aromatic carbocycles. The highest BCUT2D eigenvalue weighted by Crippen LogP contribution is 2.32. The molecule has 0 amide bonds. The van der Waals surface area contributed by atoms with E-state index >= 15 is 0 Å². The van der Waals surface area contributed by atoms with Crippen molar-refractivity contribution in [1.29, 1.82) is 0 Å². The zero-order chi connectivity index (χ0) is 31.9. The molecule has 0 fully saturated rings. The predicted molar refractivity (Wildman–Crippen MR) is 199 cm³/mol. The van der Waals surface area contributed by atoms with Crippen LogP contribution in [0.5, 0.6) is 0 Å². The minimum absolute atomic E-state index is 0.962. The summed E-state index contributed by atoms with van der Waals surface area (Å²) in [5, 5.41) is 0. The van der Waals surface area contributed by atoms with E-state index in [9.17, 15) is 0 Å². The van der Waals surface area contributed by atoms with Gasteiger partial charge in [0.25, 0.3) is 0 Å². The normalized spacial score (nSPS) is 11.3. The summed E-state index contributed by atoms with van der Waals surface area (Å²) >= 11 is 0. The molecule has 0 radical (unpaired) electrons. The van der Waals surface area contributed by atoms with Crippen molar-refractivity contribution in [2.24, 2.45) is 0 Å². The molecular weight excluding hydrogens is 581 g/mol. The molecule has 2 aromatic heterocycles. The van der Waals surface area contributed by atoms with E-state index in [1.807, 2.05) is 12.4 Å². The molecule has 10 heterocycles. The predicted octanol–water partition coefficient (Wildman–Crippen LogP) is 12.1. The van der Waals surface area contributed by atoms with Crippen LogP contribution in [-0.2, 0) is 0 Å². The van der Waals surface area contributed by atoms with Gasteiger partial charge in [0.15, 0.2) is 0 Å². The summed E-state index contributed by atoms with van der Waals surface area (Å²) in [6, 6.07) is 60.9. The standard InChI is InChI=1S/C46H30N2/c1-2-32-4-3-31(1)33-5-9-35(10-6-33)37-17-21-41(22-18-37)45-27-25-43(29-47-45)39-13-15-40(16-14-39)44-26-28-46(48-30-44)42-23-19-38(20-24-42)36-11-7-34(32)8-12-36/h1-30H. The van der Waals surface area contributed by atoms with E-state index in [0.717, 1.165) is 44.8 Å². The minimum atomic E-state index is 0.962. The average Bonchev–Trinajstić information content (AvgIpc) is 3.18. The van der Waals surface area contributed by atoms with Crippen molar-refractivity contribution in [3.63, 3.8) is 0 Å². The van der Waals surface area contributed by atoms with E-state index < -0.39 is 0 Å². The maximum absolute atomic E-state index is 4.81. The number of benzene rings is 6. The molecule has 48 heavy (non-hydrogen) atoms. The molecular formula is C46H30N2. The van der Waals surface area contributed by atoms with Crippen molar-refractivity contribution in [2.45, 2.75) is 0 Å². The van der Waals surface area contributed by atoms with Crippen molar-refractivity contribution in [2.75, 3.05) is 0 Å². The van der Waals surface area contributed by atoms with Crippen LogP contribution in [-0.4, -0.2) is 9.97 Å². The smallest absolute Gasteiger partial charge is 0.0702 e. The first kappa shape index (κ1) is 27.9. The Hall–Kier alpha value is -6.38. The third-order valence-electron chi connectivity index (χ3n) is 9.43. The number of pyridine rings is 2. The van der Waals surface area contributed by atoms with Crippen molar-refractivity contribution in [1.82, 2.24) is 9.97 Å². The summed E-state index contributed by atoms with van der Waals surface area (Å²) in [6.07, 6.45) is 3.92. The Balaban J connectivity index is 1.08. The van der Waals surface area contributed by atoms with Gasteiger partial charge in [-0.25, -0.2) is 0 Å². The lowest BCUT2D eigenvalue weighted by Crippen LogP contribution is -1.88. The molecule has 224 valence electrons. The summed E-state index contributed by atoms with van der Waals surface area (Å²) in [5.41, 5.74) is 18.2. The molecule has 0 unspecified atom stereocenters. The third kappa shape index (κ3) is 5.30. The van der Waals surface area contributed by atoms with Crippen LogP contribution in [0.2, 0.25) is 0 Å². The van der Waals surface area contributed by atoms with Crippen molar-refractivity contribution in [3.05, 3.63) is 182 Å². The Morgan fingerprint density at radius 1 is 0.167 bits per heavy atom. The lowest BCUT2D eigenvalue weighted by atomic mass is 9.96. The van der Waals surface area contributed by atoms with Gasteiger partial charge in [0.05, 0.1) is 11.4 Å². The highest BCUT2D eigenvalue weighted by Gasteiger charge is 2.08. The number of hydrogen-bond acceptors (Lipinski definition) is 2. The second-order valence-electron chi connectivity index (χ2n) is 12.3. The number of rotatable bonds is 0. The van der Waals surface area contributed by atoms with Crippen LogP contribution in [0.4, 0.5) is 0 Å².